The topological polar surface area (TPSA) is 72.9 Å². The molecule has 0 unspecified atom stereocenters. The van der Waals surface area contributed by atoms with Gasteiger partial charge in [0.1, 0.15) is 12.4 Å². The Balaban J connectivity index is 2.08. The van der Waals surface area contributed by atoms with E-state index >= 15 is 0 Å². The predicted molar refractivity (Wildman–Crippen MR) is 71.2 cm³/mol. The normalized spacial score (nSPS) is 10.3. The van der Waals surface area contributed by atoms with E-state index in [1.807, 2.05) is 32.0 Å². The van der Waals surface area contributed by atoms with Gasteiger partial charge in [-0.15, -0.1) is 0 Å². The van der Waals surface area contributed by atoms with Gasteiger partial charge in [-0.25, -0.2) is 4.98 Å². The van der Waals surface area contributed by atoms with E-state index in [1.165, 1.54) is 0 Å². The third kappa shape index (κ3) is 2.51. The highest BCUT2D eigenvalue weighted by molar-refractivity contribution is 5.92. The third-order valence-corrected chi connectivity index (χ3v) is 2.89. The molecule has 1 aromatic heterocycles. The number of nitrogens with zero attached hydrogens (tertiary/aromatic N) is 2. The van der Waals surface area contributed by atoms with Crippen LogP contribution in [0.2, 0.25) is 0 Å². The lowest BCUT2D eigenvalue weighted by molar-refractivity contribution is -0.116. The molecular formula is C13H16N4O. The molecule has 94 valence electrons. The number of anilines is 2. The van der Waals surface area contributed by atoms with Gasteiger partial charge in [-0.2, -0.15) is 0 Å². The van der Waals surface area contributed by atoms with Gasteiger partial charge < -0.3 is 15.6 Å². The molecule has 0 spiro atoms. The van der Waals surface area contributed by atoms with Crippen LogP contribution in [0.4, 0.5) is 11.4 Å². The van der Waals surface area contributed by atoms with Crippen molar-refractivity contribution in [1.82, 2.24) is 9.55 Å². The lowest BCUT2D eigenvalue weighted by Gasteiger charge is -2.11. The molecule has 3 N–H and O–H groups in total. The predicted octanol–water partition coefficient (Wildman–Crippen LogP) is 1.72. The van der Waals surface area contributed by atoms with Gasteiger partial charge in [0.25, 0.3) is 0 Å². The van der Waals surface area contributed by atoms with E-state index in [9.17, 15) is 4.79 Å². The molecular weight excluding hydrogens is 228 g/mol. The summed E-state index contributed by atoms with van der Waals surface area (Å²) < 4.78 is 1.79. The molecule has 0 aliphatic rings. The van der Waals surface area contributed by atoms with Crippen LogP contribution in [0.15, 0.2) is 30.6 Å². The van der Waals surface area contributed by atoms with Crippen molar-refractivity contribution in [2.75, 3.05) is 11.1 Å². The molecule has 0 aliphatic carbocycles. The second kappa shape index (κ2) is 4.91. The first-order valence-electron chi connectivity index (χ1n) is 5.70. The largest absolute Gasteiger partial charge is 0.398 e. The molecule has 0 fully saturated rings. The summed E-state index contributed by atoms with van der Waals surface area (Å²) in [6.07, 6.45) is 3.45. The number of carbonyl (C=O) groups excluding carboxylic acids is 1. The first-order chi connectivity index (χ1) is 8.58. The van der Waals surface area contributed by atoms with Crippen molar-refractivity contribution in [2.24, 2.45) is 0 Å². The van der Waals surface area contributed by atoms with E-state index < -0.39 is 0 Å². The summed E-state index contributed by atoms with van der Waals surface area (Å²) >= 11 is 0. The summed E-state index contributed by atoms with van der Waals surface area (Å²) in [4.78, 5) is 16.0. The molecule has 0 radical (unpaired) electrons. The Morgan fingerprint density at radius 2 is 2.22 bits per heavy atom. The zero-order valence-corrected chi connectivity index (χ0v) is 10.5. The minimum absolute atomic E-state index is 0.0928. The van der Waals surface area contributed by atoms with Crippen molar-refractivity contribution in [1.29, 1.82) is 0 Å². The molecule has 18 heavy (non-hydrogen) atoms. The van der Waals surface area contributed by atoms with E-state index in [0.717, 1.165) is 17.1 Å². The molecule has 0 bridgehead atoms. The minimum atomic E-state index is -0.0928. The number of aryl methyl sites for hydroxylation is 1. The molecule has 2 aromatic rings. The number of hydrogen-bond donors (Lipinski definition) is 2. The number of amides is 1. The first kappa shape index (κ1) is 12.2. The zero-order valence-electron chi connectivity index (χ0n) is 10.5. The highest BCUT2D eigenvalue weighted by atomic mass is 16.1. The maximum Gasteiger partial charge on any atom is 0.244 e. The molecule has 0 aliphatic heterocycles. The number of nitrogens with one attached hydrogen (secondary N) is 1. The van der Waals surface area contributed by atoms with Gasteiger partial charge in [-0.3, -0.25) is 4.79 Å². The number of nitrogen functional groups attached to an aromatic ring is 1. The standard InChI is InChI=1S/C13H16N4O/c1-9-11(14)4-3-5-12(9)16-13(18)8-17-7-6-15-10(17)2/h3-7H,8,14H2,1-2H3,(H,16,18). The van der Waals surface area contributed by atoms with Crippen molar-refractivity contribution in [3.8, 4) is 0 Å². The summed E-state index contributed by atoms with van der Waals surface area (Å²) in [6.45, 7) is 3.99. The van der Waals surface area contributed by atoms with Gasteiger partial charge >= 0.3 is 0 Å². The second-order valence-electron chi connectivity index (χ2n) is 4.17. The van der Waals surface area contributed by atoms with Gasteiger partial charge in [0.15, 0.2) is 0 Å². The summed E-state index contributed by atoms with van der Waals surface area (Å²) in [6, 6.07) is 5.47. The monoisotopic (exact) mass is 244 g/mol. The summed E-state index contributed by atoms with van der Waals surface area (Å²) in [5.41, 5.74) is 8.09. The number of rotatable bonds is 3. The minimum Gasteiger partial charge on any atom is -0.398 e. The Hall–Kier alpha value is -2.30. The average Bonchev–Trinajstić information content (AvgIpc) is 2.71. The van der Waals surface area contributed by atoms with Crippen molar-refractivity contribution >= 4 is 17.3 Å². The van der Waals surface area contributed by atoms with Gasteiger partial charge in [-0.1, -0.05) is 6.07 Å². The van der Waals surface area contributed by atoms with Crippen molar-refractivity contribution in [3.05, 3.63) is 42.0 Å². The van der Waals surface area contributed by atoms with Gasteiger partial charge in [0.2, 0.25) is 5.91 Å². The first-order valence-corrected chi connectivity index (χ1v) is 5.70. The van der Waals surface area contributed by atoms with Crippen LogP contribution in [0.1, 0.15) is 11.4 Å². The summed E-state index contributed by atoms with van der Waals surface area (Å²) in [5.74, 6) is 0.722. The van der Waals surface area contributed by atoms with E-state index in [4.69, 9.17) is 5.73 Å². The molecule has 0 atom stereocenters. The Morgan fingerprint density at radius 3 is 2.89 bits per heavy atom. The van der Waals surface area contributed by atoms with Crippen molar-refractivity contribution < 1.29 is 4.79 Å². The van der Waals surface area contributed by atoms with Crippen molar-refractivity contribution in [2.45, 2.75) is 20.4 Å². The number of aromatic nitrogens is 2. The number of hydrogen-bond acceptors (Lipinski definition) is 3. The van der Waals surface area contributed by atoms with Crippen molar-refractivity contribution in [3.63, 3.8) is 0 Å². The highest BCUT2D eigenvalue weighted by Gasteiger charge is 2.08. The fourth-order valence-corrected chi connectivity index (χ4v) is 1.70. The smallest absolute Gasteiger partial charge is 0.244 e. The fourth-order valence-electron chi connectivity index (χ4n) is 1.70. The highest BCUT2D eigenvalue weighted by Crippen LogP contribution is 2.20. The Labute approximate surface area is 106 Å². The van der Waals surface area contributed by atoms with Gasteiger partial charge in [0, 0.05) is 23.8 Å². The van der Waals surface area contributed by atoms with E-state index in [2.05, 4.69) is 10.3 Å². The quantitative estimate of drug-likeness (QED) is 0.807. The molecule has 0 saturated heterocycles. The lowest BCUT2D eigenvalue weighted by Crippen LogP contribution is -2.19. The number of imidazole rings is 1. The van der Waals surface area contributed by atoms with Gasteiger partial charge in [0.05, 0.1) is 0 Å². The lowest BCUT2D eigenvalue weighted by atomic mass is 10.1. The zero-order chi connectivity index (χ0) is 13.1. The van der Waals surface area contributed by atoms with Crippen LogP contribution in [0, 0.1) is 13.8 Å². The van der Waals surface area contributed by atoms with Crippen LogP contribution in [0.25, 0.3) is 0 Å². The molecule has 0 saturated carbocycles. The molecule has 1 heterocycles. The summed E-state index contributed by atoms with van der Waals surface area (Å²) in [5, 5.41) is 2.85. The summed E-state index contributed by atoms with van der Waals surface area (Å²) in [7, 11) is 0. The molecule has 1 amide bonds. The van der Waals surface area contributed by atoms with Crippen LogP contribution < -0.4 is 11.1 Å². The third-order valence-electron chi connectivity index (χ3n) is 2.89. The van der Waals surface area contributed by atoms with Crippen LogP contribution in [0.5, 0.6) is 0 Å². The van der Waals surface area contributed by atoms with Crippen LogP contribution in [0.3, 0.4) is 0 Å². The second-order valence-corrected chi connectivity index (χ2v) is 4.17. The van der Waals surface area contributed by atoms with E-state index in [0.29, 0.717) is 5.69 Å². The number of nitrogens with two attached hydrogens (primary N) is 1. The maximum atomic E-state index is 11.9. The maximum absolute atomic E-state index is 11.9. The molecule has 2 rings (SSSR count). The Bertz CT molecular complexity index is 574. The fraction of sp³-hybridized carbons (Fsp3) is 0.231. The molecule has 1 aromatic carbocycles. The van der Waals surface area contributed by atoms with E-state index in [1.54, 1.807) is 17.0 Å². The number of benzene rings is 1. The SMILES string of the molecule is Cc1c(N)cccc1NC(=O)Cn1ccnc1C. The Kier molecular flexibility index (Phi) is 3.32. The molecule has 5 heteroatoms. The van der Waals surface area contributed by atoms with Gasteiger partial charge in [-0.05, 0) is 31.5 Å². The number of carbonyl (C=O) groups is 1. The Morgan fingerprint density at radius 1 is 1.44 bits per heavy atom. The van der Waals surface area contributed by atoms with Crippen LogP contribution in [-0.2, 0) is 11.3 Å². The average molecular weight is 244 g/mol. The van der Waals surface area contributed by atoms with Crippen LogP contribution in [-0.4, -0.2) is 15.5 Å². The van der Waals surface area contributed by atoms with Crippen LogP contribution >= 0.6 is 0 Å². The van der Waals surface area contributed by atoms with E-state index in [-0.39, 0.29) is 12.5 Å². The molecule has 5 nitrogen and oxygen atoms in total.